The molecule has 1 amide bonds. The van der Waals surface area contributed by atoms with Gasteiger partial charge in [-0.25, -0.2) is 0 Å². The molecule has 0 saturated heterocycles. The van der Waals surface area contributed by atoms with E-state index in [-0.39, 0.29) is 0 Å². The Hall–Kier alpha value is -1.85. The van der Waals surface area contributed by atoms with Gasteiger partial charge in [-0.05, 0) is 42.9 Å². The van der Waals surface area contributed by atoms with Crippen molar-refractivity contribution in [1.82, 2.24) is 5.32 Å². The molecule has 2 aromatic rings. The molecule has 0 aromatic heterocycles. The highest BCUT2D eigenvalue weighted by Gasteiger charge is 2.11. The molecule has 0 aliphatic heterocycles. The number of rotatable bonds is 5. The van der Waals surface area contributed by atoms with Crippen LogP contribution in [0.2, 0.25) is 0 Å². The Morgan fingerprint density at radius 3 is 2.80 bits per heavy atom. The molecule has 0 aliphatic rings. The van der Waals surface area contributed by atoms with Crippen molar-refractivity contribution >= 4 is 21.8 Å². The molecule has 0 fully saturated rings. The summed E-state index contributed by atoms with van der Waals surface area (Å²) in [6.07, 6.45) is 0. The van der Waals surface area contributed by atoms with Gasteiger partial charge in [0, 0.05) is 11.0 Å². The summed E-state index contributed by atoms with van der Waals surface area (Å²) in [5, 5.41) is 3.08. The zero-order chi connectivity index (χ0) is 14.5. The Morgan fingerprint density at radius 2 is 2.10 bits per heavy atom. The highest BCUT2D eigenvalue weighted by Crippen LogP contribution is 2.28. The molecule has 0 atom stereocenters. The fourth-order valence-electron chi connectivity index (χ4n) is 1.83. The first-order chi connectivity index (χ1) is 9.60. The Morgan fingerprint density at radius 1 is 1.30 bits per heavy atom. The third kappa shape index (κ3) is 3.59. The second-order valence-corrected chi connectivity index (χ2v) is 5.20. The van der Waals surface area contributed by atoms with Gasteiger partial charge in [-0.3, -0.25) is 4.79 Å². The fourth-order valence-corrected chi connectivity index (χ4v) is 2.19. The predicted octanol–water partition coefficient (Wildman–Crippen LogP) is 3.06. The maximum Gasteiger partial charge on any atom is 0.252 e. The quantitative estimate of drug-likeness (QED) is 0.883. The van der Waals surface area contributed by atoms with E-state index in [0.717, 1.165) is 16.6 Å². The third-order valence-electron chi connectivity index (χ3n) is 2.71. The zero-order valence-electron chi connectivity index (χ0n) is 11.0. The summed E-state index contributed by atoms with van der Waals surface area (Å²) in [7, 11) is 1.88. The first kappa shape index (κ1) is 14.6. The molecule has 0 heterocycles. The van der Waals surface area contributed by atoms with Gasteiger partial charge in [0.2, 0.25) is 0 Å². The smallest absolute Gasteiger partial charge is 0.252 e. The van der Waals surface area contributed by atoms with Crippen LogP contribution in [0.4, 0.5) is 0 Å². The Labute approximate surface area is 126 Å². The van der Waals surface area contributed by atoms with Gasteiger partial charge in [0.1, 0.15) is 11.5 Å². The van der Waals surface area contributed by atoms with Crippen molar-refractivity contribution in [1.29, 1.82) is 0 Å². The standard InChI is InChI=1S/C15H15BrN2O2/c1-18-9-10-3-2-4-12(7-10)20-14-6-5-11(16)8-13(14)15(17)19/h2-8,18H,9H2,1H3,(H2,17,19). The average molecular weight is 335 g/mol. The second kappa shape index (κ2) is 6.54. The van der Waals surface area contributed by atoms with E-state index in [1.165, 1.54) is 0 Å². The first-order valence-corrected chi connectivity index (χ1v) is 6.90. The summed E-state index contributed by atoms with van der Waals surface area (Å²) in [6.45, 7) is 0.750. The van der Waals surface area contributed by atoms with E-state index in [1.807, 2.05) is 31.3 Å². The normalized spacial score (nSPS) is 10.3. The molecule has 0 bridgehead atoms. The van der Waals surface area contributed by atoms with Crippen LogP contribution in [0.1, 0.15) is 15.9 Å². The minimum atomic E-state index is -0.521. The van der Waals surface area contributed by atoms with Crippen molar-refractivity contribution in [3.63, 3.8) is 0 Å². The van der Waals surface area contributed by atoms with Crippen LogP contribution in [0.3, 0.4) is 0 Å². The van der Waals surface area contributed by atoms with Crippen molar-refractivity contribution in [2.75, 3.05) is 7.05 Å². The van der Waals surface area contributed by atoms with Crippen LogP contribution < -0.4 is 15.8 Å². The van der Waals surface area contributed by atoms with Gasteiger partial charge in [-0.1, -0.05) is 28.1 Å². The molecular weight excluding hydrogens is 320 g/mol. The van der Waals surface area contributed by atoms with E-state index in [4.69, 9.17) is 10.5 Å². The molecule has 0 saturated carbocycles. The minimum Gasteiger partial charge on any atom is -0.457 e. The molecule has 3 N–H and O–H groups in total. The van der Waals surface area contributed by atoms with Gasteiger partial charge < -0.3 is 15.8 Å². The van der Waals surface area contributed by atoms with Gasteiger partial charge in [-0.2, -0.15) is 0 Å². The minimum absolute atomic E-state index is 0.346. The molecular formula is C15H15BrN2O2. The van der Waals surface area contributed by atoms with E-state index in [9.17, 15) is 4.79 Å². The van der Waals surface area contributed by atoms with Crippen LogP contribution in [0.25, 0.3) is 0 Å². The van der Waals surface area contributed by atoms with Crippen molar-refractivity contribution in [2.45, 2.75) is 6.54 Å². The lowest BCUT2D eigenvalue weighted by Gasteiger charge is -2.10. The van der Waals surface area contributed by atoms with E-state index in [2.05, 4.69) is 21.2 Å². The van der Waals surface area contributed by atoms with Crippen LogP contribution in [0.15, 0.2) is 46.9 Å². The summed E-state index contributed by atoms with van der Waals surface area (Å²) in [5.41, 5.74) is 6.81. The zero-order valence-corrected chi connectivity index (χ0v) is 12.6. The lowest BCUT2D eigenvalue weighted by Crippen LogP contribution is -2.12. The number of nitrogens with two attached hydrogens (primary N) is 1. The van der Waals surface area contributed by atoms with E-state index < -0.39 is 5.91 Å². The van der Waals surface area contributed by atoms with Crippen LogP contribution in [-0.2, 0) is 6.54 Å². The lowest BCUT2D eigenvalue weighted by atomic mass is 10.2. The number of nitrogens with one attached hydrogen (secondary N) is 1. The Bertz CT molecular complexity index is 629. The van der Waals surface area contributed by atoms with Gasteiger partial charge >= 0.3 is 0 Å². The number of ether oxygens (including phenoxy) is 1. The number of hydrogen-bond donors (Lipinski definition) is 2. The summed E-state index contributed by atoms with van der Waals surface area (Å²) in [4.78, 5) is 11.4. The molecule has 2 aromatic carbocycles. The SMILES string of the molecule is CNCc1cccc(Oc2ccc(Br)cc2C(N)=O)c1. The molecule has 20 heavy (non-hydrogen) atoms. The second-order valence-electron chi connectivity index (χ2n) is 4.28. The van der Waals surface area contributed by atoms with Gasteiger partial charge in [-0.15, -0.1) is 0 Å². The Kier molecular flexibility index (Phi) is 4.76. The van der Waals surface area contributed by atoms with Crippen molar-refractivity contribution in [3.05, 3.63) is 58.1 Å². The Balaban J connectivity index is 2.30. The summed E-state index contributed by atoms with van der Waals surface area (Å²) in [5.74, 6) is 0.595. The molecule has 0 radical (unpaired) electrons. The molecule has 4 nitrogen and oxygen atoms in total. The molecule has 104 valence electrons. The van der Waals surface area contributed by atoms with Crippen LogP contribution in [0.5, 0.6) is 11.5 Å². The number of benzene rings is 2. The van der Waals surface area contributed by atoms with Crippen LogP contribution in [0, 0.1) is 0 Å². The fraction of sp³-hybridized carbons (Fsp3) is 0.133. The molecule has 0 unspecified atom stereocenters. The topological polar surface area (TPSA) is 64.3 Å². The first-order valence-electron chi connectivity index (χ1n) is 6.11. The number of amides is 1. The van der Waals surface area contributed by atoms with Crippen LogP contribution in [-0.4, -0.2) is 13.0 Å². The number of carbonyl (C=O) groups is 1. The molecule has 0 aliphatic carbocycles. The van der Waals surface area contributed by atoms with Crippen molar-refractivity contribution in [2.24, 2.45) is 5.73 Å². The van der Waals surface area contributed by atoms with E-state index in [1.54, 1.807) is 18.2 Å². The van der Waals surface area contributed by atoms with Gasteiger partial charge in [0.25, 0.3) is 5.91 Å². The summed E-state index contributed by atoms with van der Waals surface area (Å²) in [6, 6.07) is 12.8. The highest BCUT2D eigenvalue weighted by atomic mass is 79.9. The predicted molar refractivity (Wildman–Crippen MR) is 81.9 cm³/mol. The molecule has 5 heteroatoms. The number of primary amides is 1. The van der Waals surface area contributed by atoms with E-state index in [0.29, 0.717) is 17.1 Å². The highest BCUT2D eigenvalue weighted by molar-refractivity contribution is 9.10. The number of hydrogen-bond acceptors (Lipinski definition) is 3. The third-order valence-corrected chi connectivity index (χ3v) is 3.21. The maximum absolute atomic E-state index is 11.4. The van der Waals surface area contributed by atoms with Crippen LogP contribution >= 0.6 is 15.9 Å². The van der Waals surface area contributed by atoms with Gasteiger partial charge in [0.05, 0.1) is 5.56 Å². The van der Waals surface area contributed by atoms with Gasteiger partial charge in [0.15, 0.2) is 0 Å². The lowest BCUT2D eigenvalue weighted by molar-refractivity contribution is 0.0998. The van der Waals surface area contributed by atoms with Crippen molar-refractivity contribution in [3.8, 4) is 11.5 Å². The monoisotopic (exact) mass is 334 g/mol. The summed E-state index contributed by atoms with van der Waals surface area (Å²) < 4.78 is 6.54. The molecule has 2 rings (SSSR count). The number of halogens is 1. The van der Waals surface area contributed by atoms with Crippen molar-refractivity contribution < 1.29 is 9.53 Å². The largest absolute Gasteiger partial charge is 0.457 e. The number of carbonyl (C=O) groups excluding carboxylic acids is 1. The maximum atomic E-state index is 11.4. The average Bonchev–Trinajstić information content (AvgIpc) is 2.41. The molecule has 0 spiro atoms. The van der Waals surface area contributed by atoms with E-state index >= 15 is 0 Å². The summed E-state index contributed by atoms with van der Waals surface area (Å²) >= 11 is 3.31.